The quantitative estimate of drug-likeness (QED) is 0.681. The van der Waals surface area contributed by atoms with Gasteiger partial charge in [-0.15, -0.1) is 11.3 Å². The van der Waals surface area contributed by atoms with E-state index in [1.54, 1.807) is 27.8 Å². The zero-order valence-corrected chi connectivity index (χ0v) is 15.8. The third-order valence-electron chi connectivity index (χ3n) is 3.64. The number of nitrogens with zero attached hydrogens (tertiary/aromatic N) is 1. The molecule has 1 aromatic heterocycles. The lowest BCUT2D eigenvalue weighted by atomic mass is 10.1. The van der Waals surface area contributed by atoms with Crippen LogP contribution in [0.1, 0.15) is 30.7 Å². The number of benzene rings is 1. The summed E-state index contributed by atoms with van der Waals surface area (Å²) >= 11 is 7.58. The van der Waals surface area contributed by atoms with Crippen LogP contribution in [0.3, 0.4) is 0 Å². The number of rotatable bonds is 8. The van der Waals surface area contributed by atoms with Gasteiger partial charge in [0.05, 0.1) is 5.75 Å². The lowest BCUT2D eigenvalue weighted by molar-refractivity contribution is 0.329. The van der Waals surface area contributed by atoms with Crippen molar-refractivity contribution >= 4 is 33.0 Å². The van der Waals surface area contributed by atoms with Gasteiger partial charge in [0.1, 0.15) is 0 Å². The summed E-state index contributed by atoms with van der Waals surface area (Å²) in [4.78, 5) is 1.20. The average Bonchev–Trinajstić information content (AvgIpc) is 2.99. The highest BCUT2D eigenvalue weighted by molar-refractivity contribution is 7.89. The van der Waals surface area contributed by atoms with Gasteiger partial charge < -0.3 is 0 Å². The van der Waals surface area contributed by atoms with Gasteiger partial charge >= 0.3 is 0 Å². The maximum Gasteiger partial charge on any atom is 0.214 e. The molecule has 0 fully saturated rings. The minimum atomic E-state index is -3.28. The molecule has 0 saturated carbocycles. The van der Waals surface area contributed by atoms with Crippen LogP contribution >= 0.6 is 22.9 Å². The van der Waals surface area contributed by atoms with Gasteiger partial charge in [-0.05, 0) is 48.9 Å². The van der Waals surface area contributed by atoms with Gasteiger partial charge in [0.25, 0.3) is 0 Å². The van der Waals surface area contributed by atoms with Crippen LogP contribution in [0, 0.1) is 0 Å². The van der Waals surface area contributed by atoms with E-state index < -0.39 is 10.0 Å². The molecule has 0 aliphatic rings. The molecule has 0 N–H and O–H groups in total. The van der Waals surface area contributed by atoms with Crippen LogP contribution in [0.15, 0.2) is 41.8 Å². The van der Waals surface area contributed by atoms with Gasteiger partial charge in [-0.2, -0.15) is 4.31 Å². The largest absolute Gasteiger partial charge is 0.214 e. The van der Waals surface area contributed by atoms with Crippen LogP contribution in [0.25, 0.3) is 0 Å². The summed E-state index contributed by atoms with van der Waals surface area (Å²) in [6.45, 7) is 4.25. The molecule has 2 aromatic rings. The Bertz CT molecular complexity index is 697. The van der Waals surface area contributed by atoms with Crippen LogP contribution < -0.4 is 0 Å². The second-order valence-corrected chi connectivity index (χ2v) is 9.13. The molecule has 3 nitrogen and oxygen atoms in total. The zero-order chi connectivity index (χ0) is 16.9. The van der Waals surface area contributed by atoms with Crippen molar-refractivity contribution in [2.75, 3.05) is 5.75 Å². The number of halogens is 1. The van der Waals surface area contributed by atoms with E-state index in [4.69, 9.17) is 11.6 Å². The minimum absolute atomic E-state index is 0.0825. The molecular weight excluding hydrogens is 350 g/mol. The predicted molar refractivity (Wildman–Crippen MR) is 98.6 cm³/mol. The molecule has 0 radical (unpaired) electrons. The first-order valence-electron chi connectivity index (χ1n) is 7.68. The molecule has 1 heterocycles. The smallest absolute Gasteiger partial charge is 0.212 e. The Morgan fingerprint density at radius 2 is 1.91 bits per heavy atom. The minimum Gasteiger partial charge on any atom is -0.212 e. The van der Waals surface area contributed by atoms with E-state index in [0.717, 1.165) is 12.0 Å². The van der Waals surface area contributed by atoms with Crippen LogP contribution in [-0.4, -0.2) is 24.5 Å². The summed E-state index contributed by atoms with van der Waals surface area (Å²) in [5.41, 5.74) is 0.951. The van der Waals surface area contributed by atoms with E-state index in [1.165, 1.54) is 4.88 Å². The summed E-state index contributed by atoms with van der Waals surface area (Å²) in [6.07, 6.45) is 1.35. The highest BCUT2D eigenvalue weighted by Gasteiger charge is 2.27. The van der Waals surface area contributed by atoms with E-state index in [9.17, 15) is 8.42 Å². The van der Waals surface area contributed by atoms with Crippen molar-refractivity contribution in [2.24, 2.45) is 0 Å². The van der Waals surface area contributed by atoms with Crippen molar-refractivity contribution in [1.82, 2.24) is 4.31 Å². The lowest BCUT2D eigenvalue weighted by Gasteiger charge is -2.28. The van der Waals surface area contributed by atoms with Crippen molar-refractivity contribution in [1.29, 1.82) is 0 Å². The molecule has 1 atom stereocenters. The maximum absolute atomic E-state index is 12.7. The highest BCUT2D eigenvalue weighted by atomic mass is 35.5. The molecule has 1 unspecified atom stereocenters. The Morgan fingerprint density at radius 3 is 2.48 bits per heavy atom. The Kier molecular flexibility index (Phi) is 6.65. The number of hydrogen-bond acceptors (Lipinski definition) is 3. The first-order valence-corrected chi connectivity index (χ1v) is 10.6. The third-order valence-corrected chi connectivity index (χ3v) is 6.92. The average molecular weight is 372 g/mol. The molecule has 6 heteroatoms. The van der Waals surface area contributed by atoms with Gasteiger partial charge in [-0.3, -0.25) is 0 Å². The molecule has 23 heavy (non-hydrogen) atoms. The van der Waals surface area contributed by atoms with E-state index in [2.05, 4.69) is 0 Å². The van der Waals surface area contributed by atoms with Crippen molar-refractivity contribution < 1.29 is 8.42 Å². The van der Waals surface area contributed by atoms with E-state index in [-0.39, 0.29) is 11.8 Å². The molecule has 1 aromatic carbocycles. The summed E-state index contributed by atoms with van der Waals surface area (Å²) in [5, 5.41) is 2.68. The van der Waals surface area contributed by atoms with Crippen LogP contribution in [-0.2, 0) is 23.0 Å². The topological polar surface area (TPSA) is 37.4 Å². The van der Waals surface area contributed by atoms with Crippen molar-refractivity contribution in [2.45, 2.75) is 39.3 Å². The molecule has 126 valence electrons. The summed E-state index contributed by atoms with van der Waals surface area (Å²) in [5.74, 6) is 0.176. The molecule has 0 bridgehead atoms. The highest BCUT2D eigenvalue weighted by Crippen LogP contribution is 2.21. The third kappa shape index (κ3) is 5.31. The monoisotopic (exact) mass is 371 g/mol. The Morgan fingerprint density at radius 1 is 1.22 bits per heavy atom. The fourth-order valence-electron chi connectivity index (χ4n) is 2.50. The van der Waals surface area contributed by atoms with Crippen molar-refractivity contribution in [3.8, 4) is 0 Å². The Hall–Kier alpha value is -0.880. The number of hydrogen-bond donors (Lipinski definition) is 0. The molecule has 0 spiro atoms. The standard InChI is InChI=1S/C17H22ClNO2S2/c1-3-11-23(20,21)19(13-15-6-8-16(18)9-7-15)14(2)12-17-5-4-10-22-17/h4-10,14H,3,11-13H2,1-2H3. The van der Waals surface area contributed by atoms with Crippen LogP contribution in [0.2, 0.25) is 5.02 Å². The van der Waals surface area contributed by atoms with Gasteiger partial charge in [0.15, 0.2) is 0 Å². The van der Waals surface area contributed by atoms with Crippen molar-refractivity contribution in [3.05, 3.63) is 57.2 Å². The summed E-state index contributed by atoms with van der Waals surface area (Å²) < 4.78 is 27.0. The predicted octanol–water partition coefficient (Wildman–Crippen LogP) is 4.57. The number of sulfonamides is 1. The molecule has 2 rings (SSSR count). The lowest BCUT2D eigenvalue weighted by Crippen LogP contribution is -2.40. The molecule has 0 amide bonds. The summed E-state index contributed by atoms with van der Waals surface area (Å²) in [7, 11) is -3.28. The fraction of sp³-hybridized carbons (Fsp3) is 0.412. The van der Waals surface area contributed by atoms with Crippen molar-refractivity contribution in [3.63, 3.8) is 0 Å². The molecule has 0 saturated heterocycles. The van der Waals surface area contributed by atoms with Crippen LogP contribution in [0.5, 0.6) is 0 Å². The van der Waals surface area contributed by atoms with Gasteiger partial charge in [-0.25, -0.2) is 8.42 Å². The first-order chi connectivity index (χ1) is 10.9. The Labute approximate surface area is 148 Å². The SMILES string of the molecule is CCCS(=O)(=O)N(Cc1ccc(Cl)cc1)C(C)Cc1cccs1. The molecule has 0 aliphatic carbocycles. The summed E-state index contributed by atoms with van der Waals surface area (Å²) in [6, 6.07) is 11.3. The Balaban J connectivity index is 2.22. The van der Waals surface area contributed by atoms with E-state index >= 15 is 0 Å². The maximum atomic E-state index is 12.7. The van der Waals surface area contributed by atoms with Gasteiger partial charge in [0.2, 0.25) is 10.0 Å². The molecular formula is C17H22ClNO2S2. The van der Waals surface area contributed by atoms with Gasteiger partial charge in [0, 0.05) is 22.5 Å². The van der Waals surface area contributed by atoms with E-state index in [1.807, 2.05) is 43.5 Å². The molecule has 0 aliphatic heterocycles. The zero-order valence-electron chi connectivity index (χ0n) is 13.4. The fourth-order valence-corrected chi connectivity index (χ4v) is 5.17. The second-order valence-electron chi connectivity index (χ2n) is 5.62. The van der Waals surface area contributed by atoms with E-state index in [0.29, 0.717) is 18.0 Å². The van der Waals surface area contributed by atoms with Gasteiger partial charge in [-0.1, -0.05) is 36.7 Å². The first kappa shape index (κ1) is 18.5. The van der Waals surface area contributed by atoms with Crippen LogP contribution in [0.4, 0.5) is 0 Å². The normalized spacial score (nSPS) is 13.4. The number of thiophene rings is 1. The second kappa shape index (κ2) is 8.29.